The monoisotopic (exact) mass is 249 g/mol. The molecule has 0 amide bonds. The second-order valence-corrected chi connectivity index (χ2v) is 4.94. The van der Waals surface area contributed by atoms with E-state index < -0.39 is 5.97 Å². The third-order valence-corrected chi connectivity index (χ3v) is 3.67. The topological polar surface area (TPSA) is 75.1 Å². The SMILES string of the molecule is CC1CCCCC1NCc1ncncc1C(=O)O. The van der Waals surface area contributed by atoms with Crippen molar-refractivity contribution in [2.24, 2.45) is 5.92 Å². The van der Waals surface area contributed by atoms with Crippen molar-refractivity contribution in [3.8, 4) is 0 Å². The Balaban J connectivity index is 1.99. The zero-order valence-corrected chi connectivity index (χ0v) is 10.6. The first kappa shape index (κ1) is 13.0. The lowest BCUT2D eigenvalue weighted by molar-refractivity contribution is 0.0694. The van der Waals surface area contributed by atoms with E-state index >= 15 is 0 Å². The van der Waals surface area contributed by atoms with Crippen molar-refractivity contribution in [3.63, 3.8) is 0 Å². The Morgan fingerprint density at radius 1 is 1.50 bits per heavy atom. The number of hydrogen-bond acceptors (Lipinski definition) is 4. The molecular formula is C13H19N3O2. The molecule has 1 heterocycles. The van der Waals surface area contributed by atoms with E-state index in [1.807, 2.05) is 0 Å². The van der Waals surface area contributed by atoms with Crippen molar-refractivity contribution < 1.29 is 9.90 Å². The summed E-state index contributed by atoms with van der Waals surface area (Å²) in [5.74, 6) is -0.321. The molecule has 0 radical (unpaired) electrons. The van der Waals surface area contributed by atoms with Crippen molar-refractivity contribution in [1.82, 2.24) is 15.3 Å². The van der Waals surface area contributed by atoms with Gasteiger partial charge in [-0.25, -0.2) is 14.8 Å². The largest absolute Gasteiger partial charge is 0.478 e. The smallest absolute Gasteiger partial charge is 0.339 e. The molecule has 5 nitrogen and oxygen atoms in total. The number of nitrogens with one attached hydrogen (secondary N) is 1. The van der Waals surface area contributed by atoms with E-state index in [-0.39, 0.29) is 5.56 Å². The Labute approximate surface area is 107 Å². The van der Waals surface area contributed by atoms with Gasteiger partial charge in [-0.15, -0.1) is 0 Å². The number of nitrogens with zero attached hydrogens (tertiary/aromatic N) is 2. The third kappa shape index (κ3) is 3.04. The van der Waals surface area contributed by atoms with Crippen LogP contribution in [0.3, 0.4) is 0 Å². The summed E-state index contributed by atoms with van der Waals surface area (Å²) in [5, 5.41) is 12.5. The molecule has 0 spiro atoms. The lowest BCUT2D eigenvalue weighted by Gasteiger charge is -2.29. The van der Waals surface area contributed by atoms with Crippen LogP contribution < -0.4 is 5.32 Å². The van der Waals surface area contributed by atoms with Gasteiger partial charge in [-0.1, -0.05) is 19.8 Å². The van der Waals surface area contributed by atoms with E-state index in [0.717, 1.165) is 6.42 Å². The van der Waals surface area contributed by atoms with E-state index in [9.17, 15) is 4.79 Å². The summed E-state index contributed by atoms with van der Waals surface area (Å²) in [6, 6.07) is 0.468. The van der Waals surface area contributed by atoms with Gasteiger partial charge < -0.3 is 10.4 Å². The molecule has 1 aromatic rings. The molecule has 1 aliphatic carbocycles. The van der Waals surface area contributed by atoms with E-state index in [2.05, 4.69) is 22.2 Å². The van der Waals surface area contributed by atoms with Crippen LogP contribution in [-0.4, -0.2) is 27.1 Å². The quantitative estimate of drug-likeness (QED) is 0.851. The molecule has 1 fully saturated rings. The maximum absolute atomic E-state index is 11.0. The van der Waals surface area contributed by atoms with Gasteiger partial charge in [0.2, 0.25) is 0 Å². The van der Waals surface area contributed by atoms with Crippen LogP contribution >= 0.6 is 0 Å². The molecule has 1 saturated carbocycles. The Morgan fingerprint density at radius 2 is 2.28 bits per heavy atom. The van der Waals surface area contributed by atoms with E-state index in [4.69, 9.17) is 5.11 Å². The Hall–Kier alpha value is -1.49. The van der Waals surface area contributed by atoms with Crippen LogP contribution in [0.4, 0.5) is 0 Å². The summed E-state index contributed by atoms with van der Waals surface area (Å²) >= 11 is 0. The molecule has 0 saturated heterocycles. The van der Waals surface area contributed by atoms with Crippen LogP contribution in [-0.2, 0) is 6.54 Å². The highest BCUT2D eigenvalue weighted by atomic mass is 16.4. The standard InChI is InChI=1S/C13H19N3O2/c1-9-4-2-3-5-11(9)15-7-12-10(13(17)18)6-14-8-16-12/h6,8-9,11,15H,2-5,7H2,1H3,(H,17,18). The molecule has 1 aromatic heterocycles. The Morgan fingerprint density at radius 3 is 3.00 bits per heavy atom. The van der Waals surface area contributed by atoms with Crippen LogP contribution in [0.5, 0.6) is 0 Å². The van der Waals surface area contributed by atoms with Crippen molar-refractivity contribution in [2.45, 2.75) is 45.2 Å². The highest BCUT2D eigenvalue weighted by Gasteiger charge is 2.21. The Bertz CT molecular complexity index is 422. The predicted octanol–water partition coefficient (Wildman–Crippen LogP) is 1.84. The van der Waals surface area contributed by atoms with Gasteiger partial charge >= 0.3 is 5.97 Å². The molecule has 5 heteroatoms. The predicted molar refractivity (Wildman–Crippen MR) is 67.3 cm³/mol. The van der Waals surface area contributed by atoms with E-state index in [0.29, 0.717) is 24.2 Å². The average molecular weight is 249 g/mol. The zero-order chi connectivity index (χ0) is 13.0. The molecule has 2 rings (SSSR count). The minimum atomic E-state index is -0.968. The minimum absolute atomic E-state index is 0.188. The molecule has 98 valence electrons. The second-order valence-electron chi connectivity index (χ2n) is 4.94. The summed E-state index contributed by atoms with van der Waals surface area (Å²) in [6.45, 7) is 2.74. The molecule has 1 aliphatic rings. The summed E-state index contributed by atoms with van der Waals surface area (Å²) in [5.41, 5.74) is 0.753. The fraction of sp³-hybridized carbons (Fsp3) is 0.615. The minimum Gasteiger partial charge on any atom is -0.478 e. The number of rotatable bonds is 4. The van der Waals surface area contributed by atoms with Crippen molar-refractivity contribution >= 4 is 5.97 Å². The number of carbonyl (C=O) groups is 1. The molecule has 2 unspecified atom stereocenters. The fourth-order valence-electron chi connectivity index (χ4n) is 2.52. The van der Waals surface area contributed by atoms with Gasteiger partial charge in [-0.05, 0) is 18.8 Å². The summed E-state index contributed by atoms with van der Waals surface area (Å²) < 4.78 is 0. The Kier molecular flexibility index (Phi) is 4.25. The van der Waals surface area contributed by atoms with Gasteiger partial charge in [0, 0.05) is 18.8 Å². The first-order chi connectivity index (χ1) is 8.68. The fourth-order valence-corrected chi connectivity index (χ4v) is 2.52. The molecule has 0 aliphatic heterocycles. The van der Waals surface area contributed by atoms with Crippen LogP contribution in [0.2, 0.25) is 0 Å². The van der Waals surface area contributed by atoms with E-state index in [1.54, 1.807) is 0 Å². The molecule has 18 heavy (non-hydrogen) atoms. The van der Waals surface area contributed by atoms with Crippen LogP contribution in [0.1, 0.15) is 48.7 Å². The highest BCUT2D eigenvalue weighted by Crippen LogP contribution is 2.24. The van der Waals surface area contributed by atoms with Gasteiger partial charge in [0.1, 0.15) is 11.9 Å². The molecular weight excluding hydrogens is 230 g/mol. The second kappa shape index (κ2) is 5.91. The van der Waals surface area contributed by atoms with Gasteiger partial charge in [0.05, 0.1) is 5.69 Å². The lowest BCUT2D eigenvalue weighted by atomic mass is 9.86. The first-order valence-corrected chi connectivity index (χ1v) is 6.44. The first-order valence-electron chi connectivity index (χ1n) is 6.44. The van der Waals surface area contributed by atoms with Crippen LogP contribution in [0.15, 0.2) is 12.5 Å². The van der Waals surface area contributed by atoms with Gasteiger partial charge in [-0.3, -0.25) is 0 Å². The summed E-state index contributed by atoms with van der Waals surface area (Å²) in [7, 11) is 0. The van der Waals surface area contributed by atoms with Gasteiger partial charge in [0.15, 0.2) is 0 Å². The summed E-state index contributed by atoms with van der Waals surface area (Å²) in [4.78, 5) is 18.8. The normalized spacial score (nSPS) is 23.8. The molecule has 0 bridgehead atoms. The maximum atomic E-state index is 11.0. The highest BCUT2D eigenvalue weighted by molar-refractivity contribution is 5.88. The number of aromatic carboxylic acids is 1. The average Bonchev–Trinajstić information content (AvgIpc) is 2.38. The van der Waals surface area contributed by atoms with Crippen LogP contribution in [0.25, 0.3) is 0 Å². The van der Waals surface area contributed by atoms with E-state index in [1.165, 1.54) is 31.8 Å². The number of hydrogen-bond donors (Lipinski definition) is 2. The number of carboxylic acids is 1. The lowest BCUT2D eigenvalue weighted by Crippen LogP contribution is -2.37. The maximum Gasteiger partial charge on any atom is 0.339 e. The third-order valence-electron chi connectivity index (χ3n) is 3.67. The van der Waals surface area contributed by atoms with Crippen LogP contribution in [0, 0.1) is 5.92 Å². The summed E-state index contributed by atoms with van der Waals surface area (Å²) in [6.07, 6.45) is 7.71. The van der Waals surface area contributed by atoms with Gasteiger partial charge in [-0.2, -0.15) is 0 Å². The van der Waals surface area contributed by atoms with Crippen molar-refractivity contribution in [1.29, 1.82) is 0 Å². The van der Waals surface area contributed by atoms with Gasteiger partial charge in [0.25, 0.3) is 0 Å². The zero-order valence-electron chi connectivity index (χ0n) is 10.6. The molecule has 0 aromatic carbocycles. The molecule has 2 N–H and O–H groups in total. The molecule has 2 atom stereocenters. The van der Waals surface area contributed by atoms with Crippen molar-refractivity contribution in [3.05, 3.63) is 23.8 Å². The van der Waals surface area contributed by atoms with Crippen molar-refractivity contribution in [2.75, 3.05) is 0 Å². The number of aromatic nitrogens is 2. The number of carboxylic acid groups (broad SMARTS) is 1.